The Balaban J connectivity index is 1.79. The van der Waals surface area contributed by atoms with E-state index < -0.39 is 22.6 Å². The van der Waals surface area contributed by atoms with Gasteiger partial charge in [-0.2, -0.15) is 0 Å². The molecule has 4 rings (SSSR count). The third-order valence-electron chi connectivity index (χ3n) is 7.01. The molecule has 10 nitrogen and oxygen atoms in total. The van der Waals surface area contributed by atoms with E-state index in [1.807, 2.05) is 36.6 Å². The molecule has 1 amide bonds. The van der Waals surface area contributed by atoms with Crippen molar-refractivity contribution < 1.29 is 26.9 Å². The second-order valence-electron chi connectivity index (χ2n) is 9.92. The first-order valence-electron chi connectivity index (χ1n) is 13.8. The first-order valence-corrected chi connectivity index (χ1v) is 15.3. The smallest absolute Gasteiger partial charge is 0.267 e. The Labute approximate surface area is 245 Å². The number of sulfonamides is 1. The molecule has 0 bridgehead atoms. The molecule has 4 aromatic rings. The summed E-state index contributed by atoms with van der Waals surface area (Å²) in [6.45, 7) is 6.98. The molecular weight excluding hydrogens is 561 g/mol. The van der Waals surface area contributed by atoms with Gasteiger partial charge in [0.25, 0.3) is 15.9 Å². The summed E-state index contributed by atoms with van der Waals surface area (Å²) in [5.41, 5.74) is 9.90. The largest absolute Gasteiger partial charge is 0.374 e. The first kappa shape index (κ1) is 30.9. The Morgan fingerprint density at radius 2 is 1.90 bits per heavy atom. The van der Waals surface area contributed by atoms with Crippen LogP contribution in [0, 0.1) is 13.8 Å². The number of carbonyl (C=O) groups excluding carboxylic acids is 1. The van der Waals surface area contributed by atoms with Crippen molar-refractivity contribution in [1.82, 2.24) is 14.7 Å². The molecule has 0 atom stereocenters. The van der Waals surface area contributed by atoms with Crippen molar-refractivity contribution in [1.29, 1.82) is 0 Å². The molecule has 0 aliphatic heterocycles. The number of rotatable bonds is 14. The molecule has 224 valence electrons. The summed E-state index contributed by atoms with van der Waals surface area (Å²) >= 11 is 0. The van der Waals surface area contributed by atoms with Crippen molar-refractivity contribution in [3.05, 3.63) is 82.1 Å². The van der Waals surface area contributed by atoms with Crippen LogP contribution in [0.1, 0.15) is 64.7 Å². The lowest BCUT2D eigenvalue weighted by Crippen LogP contribution is -2.20. The van der Waals surface area contributed by atoms with Crippen molar-refractivity contribution in [3.63, 3.8) is 0 Å². The number of aromatic nitrogens is 3. The van der Waals surface area contributed by atoms with Crippen LogP contribution in [0.25, 0.3) is 11.1 Å². The summed E-state index contributed by atoms with van der Waals surface area (Å²) in [6, 6.07) is 12.1. The lowest BCUT2D eigenvalue weighted by Gasteiger charge is -2.17. The van der Waals surface area contributed by atoms with E-state index in [0.717, 1.165) is 17.8 Å². The van der Waals surface area contributed by atoms with E-state index in [0.29, 0.717) is 58.8 Å². The first-order chi connectivity index (χ1) is 20.1. The highest BCUT2D eigenvalue weighted by Crippen LogP contribution is 2.33. The molecule has 0 spiro atoms. The van der Waals surface area contributed by atoms with Gasteiger partial charge in [-0.25, -0.2) is 17.8 Å². The van der Waals surface area contributed by atoms with E-state index in [1.165, 1.54) is 6.07 Å². The normalized spacial score (nSPS) is 11.6. The molecule has 0 unspecified atom stereocenters. The van der Waals surface area contributed by atoms with Crippen molar-refractivity contribution >= 4 is 21.7 Å². The van der Waals surface area contributed by atoms with Crippen LogP contribution in [0.5, 0.6) is 0 Å². The number of amides is 1. The average molecular weight is 598 g/mol. The zero-order chi connectivity index (χ0) is 30.4. The molecule has 3 N–H and O–H groups in total. The number of halogens is 1. The fraction of sp³-hybridized carbons (Fsp3) is 0.367. The third-order valence-corrected chi connectivity index (χ3v) is 8.40. The Bertz CT molecular complexity index is 1680. The van der Waals surface area contributed by atoms with Gasteiger partial charge in [-0.15, -0.1) is 0 Å². The van der Waals surface area contributed by atoms with Crippen molar-refractivity contribution in [2.75, 3.05) is 18.0 Å². The van der Waals surface area contributed by atoms with E-state index in [-0.39, 0.29) is 23.9 Å². The predicted molar refractivity (Wildman–Crippen MR) is 158 cm³/mol. The van der Waals surface area contributed by atoms with Gasteiger partial charge in [0.15, 0.2) is 5.82 Å². The van der Waals surface area contributed by atoms with Crippen molar-refractivity contribution in [2.24, 2.45) is 5.73 Å². The molecule has 0 saturated heterocycles. The Hall–Kier alpha value is -4.03. The number of ether oxygens (including phenoxy) is 1. The van der Waals surface area contributed by atoms with Gasteiger partial charge in [0, 0.05) is 24.1 Å². The van der Waals surface area contributed by atoms with Crippen LogP contribution in [0.15, 0.2) is 51.9 Å². The van der Waals surface area contributed by atoms with E-state index in [4.69, 9.17) is 15.0 Å². The maximum atomic E-state index is 13.5. The molecule has 2 aromatic carbocycles. The lowest BCUT2D eigenvalue weighted by atomic mass is 9.97. The van der Waals surface area contributed by atoms with Crippen LogP contribution in [0.2, 0.25) is 0 Å². The summed E-state index contributed by atoms with van der Waals surface area (Å²) in [5.74, 6) is 0.843. The molecule has 12 heteroatoms. The zero-order valence-corrected chi connectivity index (χ0v) is 25.1. The number of carbonyl (C=O) groups is 1. The van der Waals surface area contributed by atoms with Crippen LogP contribution < -0.4 is 10.5 Å². The number of anilines is 1. The summed E-state index contributed by atoms with van der Waals surface area (Å²) in [7, 11) is -4.07. The second-order valence-corrected chi connectivity index (χ2v) is 11.6. The number of primary amides is 1. The molecule has 0 aliphatic carbocycles. The van der Waals surface area contributed by atoms with Gasteiger partial charge in [-0.3, -0.25) is 9.52 Å². The summed E-state index contributed by atoms with van der Waals surface area (Å²) < 4.78 is 55.1. The predicted octanol–water partition coefficient (Wildman–Crippen LogP) is 5.10. The second kappa shape index (κ2) is 13.3. The van der Waals surface area contributed by atoms with Crippen molar-refractivity contribution in [3.8, 4) is 11.1 Å². The number of nitrogens with zero attached hydrogens (tertiary/aromatic N) is 3. The van der Waals surface area contributed by atoms with Crippen LogP contribution in [0.4, 0.5) is 10.2 Å². The van der Waals surface area contributed by atoms with E-state index in [1.54, 1.807) is 32.0 Å². The molecule has 0 fully saturated rings. The lowest BCUT2D eigenvalue weighted by molar-refractivity contribution is 0.0990. The maximum Gasteiger partial charge on any atom is 0.267 e. The summed E-state index contributed by atoms with van der Waals surface area (Å²) in [5, 5.41) is 3.83. The van der Waals surface area contributed by atoms with Gasteiger partial charge in [-0.1, -0.05) is 55.4 Å². The van der Waals surface area contributed by atoms with E-state index in [2.05, 4.69) is 14.9 Å². The number of hydrogen-bond donors (Lipinski definition) is 2. The highest BCUT2D eigenvalue weighted by molar-refractivity contribution is 7.92. The van der Waals surface area contributed by atoms with Crippen LogP contribution >= 0.6 is 0 Å². The summed E-state index contributed by atoms with van der Waals surface area (Å²) in [6.07, 6.45) is 2.08. The van der Waals surface area contributed by atoms with E-state index in [9.17, 15) is 17.6 Å². The van der Waals surface area contributed by atoms with Gasteiger partial charge in [0.1, 0.15) is 24.0 Å². The third kappa shape index (κ3) is 6.55. The number of benzene rings is 2. The van der Waals surface area contributed by atoms with Gasteiger partial charge >= 0.3 is 0 Å². The summed E-state index contributed by atoms with van der Waals surface area (Å²) in [4.78, 5) is 17.1. The van der Waals surface area contributed by atoms with Crippen molar-refractivity contribution in [2.45, 2.75) is 65.0 Å². The number of alkyl halides is 1. The molecule has 0 aliphatic rings. The van der Waals surface area contributed by atoms with Crippen LogP contribution in [-0.4, -0.2) is 42.3 Å². The Morgan fingerprint density at radius 3 is 2.55 bits per heavy atom. The Kier molecular flexibility index (Phi) is 9.79. The minimum atomic E-state index is -4.07. The number of imidazole rings is 1. The highest BCUT2D eigenvalue weighted by atomic mass is 32.2. The molecule has 0 radical (unpaired) electrons. The Morgan fingerprint density at radius 1 is 1.14 bits per heavy atom. The van der Waals surface area contributed by atoms with Gasteiger partial charge in [-0.05, 0) is 49.4 Å². The number of hydrogen-bond acceptors (Lipinski definition) is 7. The zero-order valence-electron chi connectivity index (χ0n) is 24.2. The standard InChI is InChI=1S/C30H36FN5O5S/c1-5-9-27-33-25(6-2)28(29(32)37)36(27)17-21-12-13-23(22(16-21)18-40-15-14-31)24-10-7-8-11-26(24)42(38,39)35-30-19(3)20(4)41-34-30/h7-8,10-13,16H,5-6,9,14-15,17-18H2,1-4H3,(H2,32,37)(H,34,35). The molecule has 2 aromatic heterocycles. The van der Waals surface area contributed by atoms with Crippen LogP contribution in [0.3, 0.4) is 0 Å². The monoisotopic (exact) mass is 597 g/mol. The van der Waals surface area contributed by atoms with Gasteiger partial charge in [0.05, 0.1) is 23.8 Å². The number of aryl methyl sites for hydroxylation is 3. The fourth-order valence-corrected chi connectivity index (χ4v) is 6.11. The topological polar surface area (TPSA) is 142 Å². The molecule has 0 saturated carbocycles. The fourth-order valence-electron chi connectivity index (χ4n) is 4.83. The van der Waals surface area contributed by atoms with Gasteiger partial charge in [0.2, 0.25) is 0 Å². The molecule has 42 heavy (non-hydrogen) atoms. The molecule has 2 heterocycles. The number of nitrogens with one attached hydrogen (secondary N) is 1. The SMILES string of the molecule is CCCc1nc(CC)c(C(N)=O)n1Cc1ccc(-c2ccccc2S(=O)(=O)Nc2noc(C)c2C)c(COCCF)c1. The quantitative estimate of drug-likeness (QED) is 0.193. The highest BCUT2D eigenvalue weighted by Gasteiger charge is 2.24. The minimum Gasteiger partial charge on any atom is -0.374 e. The minimum absolute atomic E-state index is 0.0352. The number of nitrogens with two attached hydrogens (primary N) is 1. The van der Waals surface area contributed by atoms with Crippen LogP contribution in [-0.2, 0) is 40.8 Å². The van der Waals surface area contributed by atoms with E-state index >= 15 is 0 Å². The average Bonchev–Trinajstić information content (AvgIpc) is 3.47. The van der Waals surface area contributed by atoms with Gasteiger partial charge < -0.3 is 19.6 Å². The molecular formula is C30H36FN5O5S. The maximum absolute atomic E-state index is 13.5.